The Morgan fingerprint density at radius 2 is 1.74 bits per heavy atom. The van der Waals surface area contributed by atoms with Crippen molar-refractivity contribution in [2.45, 2.75) is 0 Å². The number of rotatable bonds is 7. The van der Waals surface area contributed by atoms with Crippen molar-refractivity contribution in [3.8, 4) is 17.2 Å². The number of esters is 2. The Labute approximate surface area is 199 Å². The number of carbonyl (C=O) groups is 2. The maximum Gasteiger partial charge on any atom is 0.363 e. The van der Waals surface area contributed by atoms with Crippen molar-refractivity contribution in [2.75, 3.05) is 14.2 Å². The molecular weight excluding hydrogens is 456 g/mol. The maximum absolute atomic E-state index is 12.6. The molecule has 35 heavy (non-hydrogen) atoms. The monoisotopic (exact) mass is 474 g/mol. The zero-order chi connectivity index (χ0) is 24.9. The van der Waals surface area contributed by atoms with Gasteiger partial charge in [0, 0.05) is 17.7 Å². The second-order valence-corrected chi connectivity index (χ2v) is 7.14. The fourth-order valence-electron chi connectivity index (χ4n) is 3.27. The minimum atomic E-state index is -0.711. The second kappa shape index (κ2) is 9.87. The van der Waals surface area contributed by atoms with E-state index in [0.29, 0.717) is 16.9 Å². The number of cyclic esters (lactones) is 1. The largest absolute Gasteiger partial charge is 0.496 e. The Kier molecular flexibility index (Phi) is 6.54. The molecule has 10 nitrogen and oxygen atoms in total. The SMILES string of the molecule is COc1cc(/C=C2/N=C(c3cccc([N+](=O)[O-])c3)OC2=O)ccc1OC(=O)c1ccccc1OC. The van der Waals surface area contributed by atoms with E-state index < -0.39 is 16.9 Å². The van der Waals surface area contributed by atoms with Crippen LogP contribution < -0.4 is 14.2 Å². The lowest BCUT2D eigenvalue weighted by Crippen LogP contribution is -2.10. The number of nitro groups is 1. The number of nitrogens with zero attached hydrogens (tertiary/aromatic N) is 2. The predicted octanol–water partition coefficient (Wildman–Crippen LogP) is 4.18. The average Bonchev–Trinajstić information content (AvgIpc) is 3.24. The number of methoxy groups -OCH3 is 2. The van der Waals surface area contributed by atoms with E-state index in [2.05, 4.69) is 4.99 Å². The van der Waals surface area contributed by atoms with Gasteiger partial charge >= 0.3 is 11.9 Å². The second-order valence-electron chi connectivity index (χ2n) is 7.14. The highest BCUT2D eigenvalue weighted by Crippen LogP contribution is 2.31. The lowest BCUT2D eigenvalue weighted by Gasteiger charge is -2.11. The van der Waals surface area contributed by atoms with Gasteiger partial charge in [-0.15, -0.1) is 0 Å². The molecule has 4 rings (SSSR count). The van der Waals surface area contributed by atoms with Crippen LogP contribution in [0.3, 0.4) is 0 Å². The van der Waals surface area contributed by atoms with Gasteiger partial charge in [-0.2, -0.15) is 0 Å². The van der Waals surface area contributed by atoms with Crippen LogP contribution in [0.2, 0.25) is 0 Å². The standard InChI is InChI=1S/C25H18N2O8/c1-32-20-9-4-3-8-18(20)24(28)34-21-11-10-15(13-22(21)33-2)12-19-25(29)35-23(26-19)16-6-5-7-17(14-16)27(30)31/h3-14H,1-2H3/b19-12+. The molecule has 0 spiro atoms. The van der Waals surface area contributed by atoms with Crippen LogP contribution in [0.1, 0.15) is 21.5 Å². The molecule has 0 saturated carbocycles. The third-order valence-corrected chi connectivity index (χ3v) is 4.95. The third-order valence-electron chi connectivity index (χ3n) is 4.95. The molecule has 0 unspecified atom stereocenters. The summed E-state index contributed by atoms with van der Waals surface area (Å²) in [5, 5.41) is 11.0. The minimum absolute atomic E-state index is 0.00711. The van der Waals surface area contributed by atoms with E-state index in [9.17, 15) is 19.7 Å². The van der Waals surface area contributed by atoms with Crippen LogP contribution in [-0.4, -0.2) is 37.0 Å². The summed E-state index contributed by atoms with van der Waals surface area (Å²) in [7, 11) is 2.87. The molecule has 10 heteroatoms. The molecule has 0 aliphatic carbocycles. The summed E-state index contributed by atoms with van der Waals surface area (Å²) in [4.78, 5) is 39.5. The normalized spacial score (nSPS) is 13.7. The number of aliphatic imine (C=N–C) groups is 1. The molecule has 0 amide bonds. The van der Waals surface area contributed by atoms with Gasteiger partial charge in [0.25, 0.3) is 5.69 Å². The summed E-state index contributed by atoms with van der Waals surface area (Å²) in [6.45, 7) is 0. The number of para-hydroxylation sites is 1. The molecule has 0 atom stereocenters. The molecule has 3 aromatic carbocycles. The smallest absolute Gasteiger partial charge is 0.363 e. The first-order chi connectivity index (χ1) is 16.9. The van der Waals surface area contributed by atoms with E-state index in [1.165, 1.54) is 44.6 Å². The predicted molar refractivity (Wildman–Crippen MR) is 125 cm³/mol. The van der Waals surface area contributed by atoms with Crippen molar-refractivity contribution in [3.05, 3.63) is 99.2 Å². The van der Waals surface area contributed by atoms with Crippen LogP contribution in [0, 0.1) is 10.1 Å². The highest BCUT2D eigenvalue weighted by Gasteiger charge is 2.25. The quantitative estimate of drug-likeness (QED) is 0.164. The molecular formula is C25H18N2O8. The summed E-state index contributed by atoms with van der Waals surface area (Å²) in [6, 6.07) is 17.0. The number of hydrogen-bond donors (Lipinski definition) is 0. The van der Waals surface area contributed by atoms with Crippen molar-refractivity contribution in [1.82, 2.24) is 0 Å². The topological polar surface area (TPSA) is 127 Å². The Bertz CT molecular complexity index is 1390. The summed E-state index contributed by atoms with van der Waals surface area (Å²) < 4.78 is 21.2. The summed E-state index contributed by atoms with van der Waals surface area (Å²) in [5.41, 5.74) is 0.913. The van der Waals surface area contributed by atoms with Crippen LogP contribution in [0.15, 0.2) is 77.4 Å². The first-order valence-electron chi connectivity index (χ1n) is 10.2. The Morgan fingerprint density at radius 3 is 2.49 bits per heavy atom. The molecule has 0 saturated heterocycles. The lowest BCUT2D eigenvalue weighted by molar-refractivity contribution is -0.384. The molecule has 0 aromatic heterocycles. The van der Waals surface area contributed by atoms with Crippen LogP contribution in [0.25, 0.3) is 6.08 Å². The number of benzene rings is 3. The van der Waals surface area contributed by atoms with Crippen molar-refractivity contribution in [1.29, 1.82) is 0 Å². The fraction of sp³-hybridized carbons (Fsp3) is 0.0800. The molecule has 0 radical (unpaired) electrons. The van der Waals surface area contributed by atoms with E-state index in [0.717, 1.165) is 0 Å². The first kappa shape index (κ1) is 23.2. The fourth-order valence-corrected chi connectivity index (χ4v) is 3.27. The van der Waals surface area contributed by atoms with Crippen LogP contribution in [0.4, 0.5) is 5.69 Å². The Morgan fingerprint density at radius 1 is 0.971 bits per heavy atom. The van der Waals surface area contributed by atoms with Gasteiger partial charge in [0.15, 0.2) is 17.2 Å². The molecule has 1 aliphatic rings. The maximum atomic E-state index is 12.6. The van der Waals surface area contributed by atoms with Crippen LogP contribution in [0.5, 0.6) is 17.2 Å². The van der Waals surface area contributed by atoms with Crippen LogP contribution in [-0.2, 0) is 9.53 Å². The average molecular weight is 474 g/mol. The van der Waals surface area contributed by atoms with Gasteiger partial charge in [-0.1, -0.05) is 24.3 Å². The number of non-ortho nitro benzene ring substituents is 1. The van der Waals surface area contributed by atoms with Gasteiger partial charge in [-0.3, -0.25) is 10.1 Å². The van der Waals surface area contributed by atoms with Crippen molar-refractivity contribution in [2.24, 2.45) is 4.99 Å². The van der Waals surface area contributed by atoms with Crippen molar-refractivity contribution >= 4 is 29.6 Å². The van der Waals surface area contributed by atoms with E-state index in [-0.39, 0.29) is 34.3 Å². The molecule has 1 aliphatic heterocycles. The van der Waals surface area contributed by atoms with E-state index in [1.54, 1.807) is 42.5 Å². The van der Waals surface area contributed by atoms with Gasteiger partial charge < -0.3 is 18.9 Å². The highest BCUT2D eigenvalue weighted by atomic mass is 16.6. The molecule has 0 fully saturated rings. The van der Waals surface area contributed by atoms with Gasteiger partial charge in [-0.05, 0) is 42.0 Å². The number of ether oxygens (including phenoxy) is 4. The number of hydrogen-bond acceptors (Lipinski definition) is 9. The minimum Gasteiger partial charge on any atom is -0.496 e. The zero-order valence-corrected chi connectivity index (χ0v) is 18.6. The first-order valence-corrected chi connectivity index (χ1v) is 10.2. The summed E-state index contributed by atoms with van der Waals surface area (Å²) >= 11 is 0. The van der Waals surface area contributed by atoms with E-state index in [4.69, 9.17) is 18.9 Å². The van der Waals surface area contributed by atoms with Crippen molar-refractivity contribution in [3.63, 3.8) is 0 Å². The van der Waals surface area contributed by atoms with Gasteiger partial charge in [0.1, 0.15) is 11.3 Å². The Balaban J connectivity index is 1.58. The molecule has 0 bridgehead atoms. The zero-order valence-electron chi connectivity index (χ0n) is 18.6. The van der Waals surface area contributed by atoms with Gasteiger partial charge in [0.2, 0.25) is 5.90 Å². The molecule has 1 heterocycles. The third kappa shape index (κ3) is 5.01. The molecule has 0 N–H and O–H groups in total. The van der Waals surface area contributed by atoms with E-state index in [1.807, 2.05) is 0 Å². The molecule has 176 valence electrons. The van der Waals surface area contributed by atoms with Crippen LogP contribution >= 0.6 is 0 Å². The lowest BCUT2D eigenvalue weighted by atomic mass is 10.1. The van der Waals surface area contributed by atoms with Gasteiger partial charge in [-0.25, -0.2) is 14.6 Å². The van der Waals surface area contributed by atoms with Crippen molar-refractivity contribution < 1.29 is 33.5 Å². The highest BCUT2D eigenvalue weighted by molar-refractivity contribution is 6.13. The number of nitro benzene ring substituents is 1. The Hall–Kier alpha value is -4.99. The summed E-state index contributed by atoms with van der Waals surface area (Å²) in [5.74, 6) is -0.596. The van der Waals surface area contributed by atoms with E-state index >= 15 is 0 Å². The summed E-state index contributed by atoms with van der Waals surface area (Å²) in [6.07, 6.45) is 1.46. The number of carbonyl (C=O) groups excluding carboxylic acids is 2. The van der Waals surface area contributed by atoms with Gasteiger partial charge in [0.05, 0.1) is 19.1 Å². The molecule has 3 aromatic rings.